The smallest absolute Gasteiger partial charge is 0.351 e. The van der Waals surface area contributed by atoms with Gasteiger partial charge < -0.3 is 10.1 Å². The summed E-state index contributed by atoms with van der Waals surface area (Å²) in [7, 11) is 0. The quantitative estimate of drug-likeness (QED) is 0.608. The number of ether oxygens (including phenoxy) is 1. The molecule has 0 saturated heterocycles. The van der Waals surface area contributed by atoms with Crippen molar-refractivity contribution in [3.05, 3.63) is 76.0 Å². The van der Waals surface area contributed by atoms with Gasteiger partial charge in [0, 0.05) is 12.1 Å². The standard InChI is InChI=1S/C22H21FN2O3S/c1-13-4-6-16(7-5-13)12-24-20(26)15(3)28-22(27)19-14(2)25-21(29-19)17-8-10-18(23)11-9-17/h4-11,15H,12H2,1-3H3,(H,24,26). The molecule has 1 aromatic heterocycles. The minimum Gasteiger partial charge on any atom is -0.448 e. The topological polar surface area (TPSA) is 68.3 Å². The Balaban J connectivity index is 1.61. The maximum atomic E-state index is 13.1. The molecule has 1 amide bonds. The number of nitrogens with zero attached hydrogens (tertiary/aromatic N) is 1. The van der Waals surface area contributed by atoms with Crippen molar-refractivity contribution in [3.8, 4) is 10.6 Å². The second kappa shape index (κ2) is 8.96. The fourth-order valence-corrected chi connectivity index (χ4v) is 3.56. The third kappa shape index (κ3) is 5.26. The molecule has 2 aromatic carbocycles. The van der Waals surface area contributed by atoms with Crippen molar-refractivity contribution in [2.24, 2.45) is 0 Å². The lowest BCUT2D eigenvalue weighted by Crippen LogP contribution is -2.35. The molecule has 0 radical (unpaired) electrons. The van der Waals surface area contributed by atoms with E-state index in [0.29, 0.717) is 27.7 Å². The van der Waals surface area contributed by atoms with E-state index in [4.69, 9.17) is 4.74 Å². The minimum atomic E-state index is -0.941. The number of amides is 1. The first-order valence-electron chi connectivity index (χ1n) is 9.11. The Labute approximate surface area is 172 Å². The van der Waals surface area contributed by atoms with E-state index in [9.17, 15) is 14.0 Å². The molecule has 3 aromatic rings. The zero-order valence-electron chi connectivity index (χ0n) is 16.4. The lowest BCUT2D eigenvalue weighted by Gasteiger charge is -2.13. The van der Waals surface area contributed by atoms with Crippen molar-refractivity contribution in [3.63, 3.8) is 0 Å². The van der Waals surface area contributed by atoms with E-state index < -0.39 is 12.1 Å². The fourth-order valence-electron chi connectivity index (χ4n) is 2.61. The Morgan fingerprint density at radius 1 is 1.10 bits per heavy atom. The molecule has 29 heavy (non-hydrogen) atoms. The van der Waals surface area contributed by atoms with Gasteiger partial charge in [0.2, 0.25) is 0 Å². The van der Waals surface area contributed by atoms with Crippen LogP contribution in [0.5, 0.6) is 0 Å². The molecule has 0 aliphatic carbocycles. The summed E-state index contributed by atoms with van der Waals surface area (Å²) in [6, 6.07) is 13.7. The molecule has 1 N–H and O–H groups in total. The van der Waals surface area contributed by atoms with Gasteiger partial charge in [-0.25, -0.2) is 14.2 Å². The van der Waals surface area contributed by atoms with Gasteiger partial charge in [0.25, 0.3) is 5.91 Å². The Hall–Kier alpha value is -3.06. The Kier molecular flexibility index (Phi) is 6.39. The highest BCUT2D eigenvalue weighted by atomic mass is 32.1. The summed E-state index contributed by atoms with van der Waals surface area (Å²) in [6.45, 7) is 5.57. The van der Waals surface area contributed by atoms with Gasteiger partial charge in [-0.05, 0) is 50.6 Å². The zero-order valence-corrected chi connectivity index (χ0v) is 17.2. The van der Waals surface area contributed by atoms with Crippen molar-refractivity contribution in [2.75, 3.05) is 0 Å². The van der Waals surface area contributed by atoms with Crippen molar-refractivity contribution in [2.45, 2.75) is 33.4 Å². The van der Waals surface area contributed by atoms with Gasteiger partial charge in [-0.2, -0.15) is 0 Å². The summed E-state index contributed by atoms with van der Waals surface area (Å²) >= 11 is 1.15. The van der Waals surface area contributed by atoms with Gasteiger partial charge >= 0.3 is 5.97 Å². The average molecular weight is 412 g/mol. The molecule has 0 aliphatic heterocycles. The first-order chi connectivity index (χ1) is 13.8. The number of nitrogens with one attached hydrogen (secondary N) is 1. The molecular weight excluding hydrogens is 391 g/mol. The Morgan fingerprint density at radius 2 is 1.76 bits per heavy atom. The second-order valence-corrected chi connectivity index (χ2v) is 7.69. The minimum absolute atomic E-state index is 0.322. The number of carbonyl (C=O) groups excluding carboxylic acids is 2. The Bertz CT molecular complexity index is 1010. The molecule has 150 valence electrons. The van der Waals surface area contributed by atoms with E-state index in [2.05, 4.69) is 10.3 Å². The van der Waals surface area contributed by atoms with Crippen LogP contribution in [-0.4, -0.2) is 23.0 Å². The normalized spacial score (nSPS) is 11.7. The largest absolute Gasteiger partial charge is 0.448 e. The third-order valence-corrected chi connectivity index (χ3v) is 5.50. The molecule has 0 spiro atoms. The molecule has 0 saturated carbocycles. The average Bonchev–Trinajstić information content (AvgIpc) is 3.09. The van der Waals surface area contributed by atoms with E-state index in [-0.39, 0.29) is 11.7 Å². The Morgan fingerprint density at radius 3 is 2.41 bits per heavy atom. The predicted molar refractivity (Wildman–Crippen MR) is 110 cm³/mol. The number of carbonyl (C=O) groups is 2. The highest BCUT2D eigenvalue weighted by molar-refractivity contribution is 7.17. The SMILES string of the molecule is Cc1ccc(CNC(=O)C(C)OC(=O)c2sc(-c3ccc(F)cc3)nc2C)cc1. The summed E-state index contributed by atoms with van der Waals surface area (Å²) < 4.78 is 18.4. The van der Waals surface area contributed by atoms with Crippen LogP contribution >= 0.6 is 11.3 Å². The maximum absolute atomic E-state index is 13.1. The highest BCUT2D eigenvalue weighted by Gasteiger charge is 2.23. The molecule has 1 unspecified atom stereocenters. The molecule has 3 rings (SSSR count). The number of hydrogen-bond acceptors (Lipinski definition) is 5. The van der Waals surface area contributed by atoms with Crippen molar-refractivity contribution >= 4 is 23.2 Å². The molecule has 0 fully saturated rings. The van der Waals surface area contributed by atoms with E-state index in [1.54, 1.807) is 19.1 Å². The molecule has 1 heterocycles. The molecule has 5 nitrogen and oxygen atoms in total. The predicted octanol–water partition coefficient (Wildman–Crippen LogP) is 4.43. The first-order valence-corrected chi connectivity index (χ1v) is 9.92. The summed E-state index contributed by atoms with van der Waals surface area (Å²) in [4.78, 5) is 29.4. The maximum Gasteiger partial charge on any atom is 0.351 e. The van der Waals surface area contributed by atoms with Crippen LogP contribution in [-0.2, 0) is 16.1 Å². The monoisotopic (exact) mass is 412 g/mol. The van der Waals surface area contributed by atoms with Crippen LogP contribution in [0.1, 0.15) is 33.4 Å². The number of aromatic nitrogens is 1. The van der Waals surface area contributed by atoms with Crippen LogP contribution in [0.2, 0.25) is 0 Å². The van der Waals surface area contributed by atoms with Gasteiger partial charge in [-0.3, -0.25) is 4.79 Å². The molecule has 1 atom stereocenters. The zero-order chi connectivity index (χ0) is 21.0. The van der Waals surface area contributed by atoms with Crippen LogP contribution in [0, 0.1) is 19.7 Å². The van der Waals surface area contributed by atoms with Crippen LogP contribution in [0.4, 0.5) is 4.39 Å². The number of rotatable bonds is 6. The fraction of sp³-hybridized carbons (Fsp3) is 0.227. The number of thiazole rings is 1. The summed E-state index contributed by atoms with van der Waals surface area (Å²) in [5.41, 5.74) is 3.32. The van der Waals surface area contributed by atoms with Gasteiger partial charge in [-0.1, -0.05) is 29.8 Å². The molecule has 0 aliphatic rings. The van der Waals surface area contributed by atoms with E-state index >= 15 is 0 Å². The van der Waals surface area contributed by atoms with E-state index in [1.165, 1.54) is 19.1 Å². The van der Waals surface area contributed by atoms with E-state index in [0.717, 1.165) is 22.5 Å². The van der Waals surface area contributed by atoms with Gasteiger partial charge in [0.05, 0.1) is 5.69 Å². The summed E-state index contributed by atoms with van der Waals surface area (Å²) in [6.07, 6.45) is -0.941. The number of esters is 1. The van der Waals surface area contributed by atoms with Crippen molar-refractivity contribution in [1.82, 2.24) is 10.3 Å². The van der Waals surface area contributed by atoms with Crippen molar-refractivity contribution < 1.29 is 18.7 Å². The van der Waals surface area contributed by atoms with Crippen molar-refractivity contribution in [1.29, 1.82) is 0 Å². The second-order valence-electron chi connectivity index (χ2n) is 6.69. The third-order valence-electron chi connectivity index (χ3n) is 4.31. The van der Waals surface area contributed by atoms with Crippen LogP contribution in [0.25, 0.3) is 10.6 Å². The van der Waals surface area contributed by atoms with E-state index in [1.807, 2.05) is 31.2 Å². The molecular formula is C22H21FN2O3S. The van der Waals surface area contributed by atoms with Gasteiger partial charge in [0.15, 0.2) is 6.10 Å². The lowest BCUT2D eigenvalue weighted by atomic mass is 10.1. The summed E-state index contributed by atoms with van der Waals surface area (Å²) in [5, 5.41) is 3.35. The molecule has 0 bridgehead atoms. The summed E-state index contributed by atoms with van der Waals surface area (Å²) in [5.74, 6) is -1.32. The number of benzene rings is 2. The van der Waals surface area contributed by atoms with Gasteiger partial charge in [0.1, 0.15) is 15.7 Å². The number of halogens is 1. The number of hydrogen-bond donors (Lipinski definition) is 1. The van der Waals surface area contributed by atoms with Crippen LogP contribution in [0.15, 0.2) is 48.5 Å². The molecule has 7 heteroatoms. The first kappa shape index (κ1) is 20.7. The van der Waals surface area contributed by atoms with Crippen LogP contribution in [0.3, 0.4) is 0 Å². The number of aryl methyl sites for hydroxylation is 2. The van der Waals surface area contributed by atoms with Crippen LogP contribution < -0.4 is 5.32 Å². The highest BCUT2D eigenvalue weighted by Crippen LogP contribution is 2.28. The van der Waals surface area contributed by atoms with Gasteiger partial charge in [-0.15, -0.1) is 11.3 Å². The lowest BCUT2D eigenvalue weighted by molar-refractivity contribution is -0.129.